The van der Waals surface area contributed by atoms with E-state index in [1.807, 2.05) is 0 Å². The lowest BCUT2D eigenvalue weighted by Crippen LogP contribution is -2.44. The van der Waals surface area contributed by atoms with Gasteiger partial charge >= 0.3 is 12.0 Å². The van der Waals surface area contributed by atoms with Gasteiger partial charge in [0.2, 0.25) is 0 Å². The van der Waals surface area contributed by atoms with E-state index in [2.05, 4.69) is 5.32 Å². The molecular formula is C12H13ClN2O3S. The Kier molecular flexibility index (Phi) is 4.21. The van der Waals surface area contributed by atoms with E-state index in [9.17, 15) is 9.59 Å². The quantitative estimate of drug-likeness (QED) is 0.881. The standard InChI is InChI=1S/C12H13ClN2O3S/c1-7-8(13)3-2-4-9(7)14-12(18)15-6-19-5-10(15)11(16)17/h2-4,10H,5-6H2,1H3,(H,14,18)(H,16,17). The van der Waals surface area contributed by atoms with Gasteiger partial charge in [0.05, 0.1) is 5.88 Å². The number of carboxylic acids is 1. The van der Waals surface area contributed by atoms with Gasteiger partial charge in [-0.15, -0.1) is 11.8 Å². The number of carboxylic acid groups (broad SMARTS) is 1. The third kappa shape index (κ3) is 2.96. The first-order valence-corrected chi connectivity index (χ1v) is 7.17. The molecule has 0 bridgehead atoms. The summed E-state index contributed by atoms with van der Waals surface area (Å²) in [5.74, 6) is -0.192. The molecule has 5 nitrogen and oxygen atoms in total. The number of halogens is 1. The summed E-state index contributed by atoms with van der Waals surface area (Å²) < 4.78 is 0. The molecule has 1 aliphatic heterocycles. The molecule has 102 valence electrons. The Labute approximate surface area is 119 Å². The van der Waals surface area contributed by atoms with E-state index in [4.69, 9.17) is 16.7 Å². The minimum absolute atomic E-state index is 0.377. The second kappa shape index (κ2) is 5.71. The summed E-state index contributed by atoms with van der Waals surface area (Å²) in [6, 6.07) is 4.02. The van der Waals surface area contributed by atoms with Crippen molar-refractivity contribution in [2.24, 2.45) is 0 Å². The number of hydrogen-bond acceptors (Lipinski definition) is 3. The van der Waals surface area contributed by atoms with Crippen LogP contribution in [-0.4, -0.2) is 39.7 Å². The van der Waals surface area contributed by atoms with Crippen molar-refractivity contribution < 1.29 is 14.7 Å². The Morgan fingerprint density at radius 1 is 1.53 bits per heavy atom. The van der Waals surface area contributed by atoms with Gasteiger partial charge in [-0.3, -0.25) is 0 Å². The Morgan fingerprint density at radius 2 is 2.26 bits per heavy atom. The maximum Gasteiger partial charge on any atom is 0.327 e. The maximum atomic E-state index is 12.1. The lowest BCUT2D eigenvalue weighted by molar-refractivity contribution is -0.140. The molecule has 2 N–H and O–H groups in total. The van der Waals surface area contributed by atoms with Gasteiger partial charge in [-0.2, -0.15) is 0 Å². The molecule has 1 aromatic carbocycles. The van der Waals surface area contributed by atoms with Gasteiger partial charge in [0, 0.05) is 16.5 Å². The molecular weight excluding hydrogens is 288 g/mol. The van der Waals surface area contributed by atoms with Crippen molar-refractivity contribution in [2.45, 2.75) is 13.0 Å². The molecule has 0 aromatic heterocycles. The number of carbonyl (C=O) groups excluding carboxylic acids is 1. The summed E-state index contributed by atoms with van der Waals surface area (Å²) in [5, 5.41) is 12.3. The van der Waals surface area contributed by atoms with Gasteiger partial charge in [0.1, 0.15) is 6.04 Å². The van der Waals surface area contributed by atoms with Crippen molar-refractivity contribution in [3.63, 3.8) is 0 Å². The average molecular weight is 301 g/mol. The van der Waals surface area contributed by atoms with Crippen LogP contribution < -0.4 is 5.32 Å². The number of thioether (sulfide) groups is 1. The van der Waals surface area contributed by atoms with Crippen molar-refractivity contribution >= 4 is 41.1 Å². The number of amides is 2. The molecule has 1 saturated heterocycles. The fraction of sp³-hybridized carbons (Fsp3) is 0.333. The third-order valence-corrected chi connectivity index (χ3v) is 4.36. The van der Waals surface area contributed by atoms with E-state index in [0.717, 1.165) is 5.56 Å². The van der Waals surface area contributed by atoms with E-state index >= 15 is 0 Å². The first kappa shape index (κ1) is 14.0. The fourth-order valence-corrected chi connectivity index (χ4v) is 3.10. The molecule has 0 spiro atoms. The zero-order valence-corrected chi connectivity index (χ0v) is 11.8. The number of benzene rings is 1. The number of urea groups is 1. The molecule has 0 saturated carbocycles. The van der Waals surface area contributed by atoms with E-state index < -0.39 is 18.0 Å². The largest absolute Gasteiger partial charge is 0.480 e. The Balaban J connectivity index is 2.13. The first-order valence-electron chi connectivity index (χ1n) is 5.64. The van der Waals surface area contributed by atoms with Crippen molar-refractivity contribution in [3.05, 3.63) is 28.8 Å². The SMILES string of the molecule is Cc1c(Cl)cccc1NC(=O)N1CSCC1C(=O)O. The number of anilines is 1. The molecule has 1 atom stereocenters. The van der Waals surface area contributed by atoms with E-state index in [1.54, 1.807) is 25.1 Å². The second-order valence-corrected chi connectivity index (χ2v) is 5.57. The number of nitrogens with one attached hydrogen (secondary N) is 1. The molecule has 1 aliphatic rings. The van der Waals surface area contributed by atoms with Crippen LogP contribution in [0.5, 0.6) is 0 Å². The Morgan fingerprint density at radius 3 is 2.95 bits per heavy atom. The summed E-state index contributed by atoms with van der Waals surface area (Å²) in [6.45, 7) is 1.80. The van der Waals surface area contributed by atoms with Crippen LogP contribution >= 0.6 is 23.4 Å². The second-order valence-electron chi connectivity index (χ2n) is 4.17. The summed E-state index contributed by atoms with van der Waals surface area (Å²) >= 11 is 7.40. The lowest BCUT2D eigenvalue weighted by atomic mass is 10.2. The molecule has 0 radical (unpaired) electrons. The van der Waals surface area contributed by atoms with E-state index in [0.29, 0.717) is 22.3 Å². The molecule has 1 heterocycles. The predicted molar refractivity (Wildman–Crippen MR) is 75.8 cm³/mol. The van der Waals surface area contributed by atoms with Crippen molar-refractivity contribution in [1.29, 1.82) is 0 Å². The molecule has 1 aromatic rings. The molecule has 2 amide bonds. The van der Waals surface area contributed by atoms with Gasteiger partial charge < -0.3 is 15.3 Å². The fourth-order valence-electron chi connectivity index (χ4n) is 1.78. The van der Waals surface area contributed by atoms with Crippen LogP contribution in [0.2, 0.25) is 5.02 Å². The average Bonchev–Trinajstić information content (AvgIpc) is 2.84. The minimum atomic E-state index is -0.983. The molecule has 1 fully saturated rings. The van der Waals surface area contributed by atoms with Gasteiger partial charge in [0.25, 0.3) is 0 Å². The summed E-state index contributed by atoms with van der Waals surface area (Å²) in [7, 11) is 0. The molecule has 2 rings (SSSR count). The zero-order valence-electron chi connectivity index (χ0n) is 10.2. The van der Waals surface area contributed by atoms with Crippen molar-refractivity contribution in [2.75, 3.05) is 16.9 Å². The predicted octanol–water partition coefficient (Wildman–Crippen LogP) is 2.64. The maximum absolute atomic E-state index is 12.1. The summed E-state index contributed by atoms with van der Waals surface area (Å²) in [4.78, 5) is 24.4. The van der Waals surface area contributed by atoms with Crippen LogP contribution in [-0.2, 0) is 4.79 Å². The normalized spacial score (nSPS) is 18.4. The van der Waals surface area contributed by atoms with Gasteiger partial charge in [-0.1, -0.05) is 17.7 Å². The van der Waals surface area contributed by atoms with E-state index in [-0.39, 0.29) is 0 Å². The first-order chi connectivity index (χ1) is 9.00. The number of nitrogens with zero attached hydrogens (tertiary/aromatic N) is 1. The van der Waals surface area contributed by atoms with Crippen LogP contribution in [0, 0.1) is 6.92 Å². The monoisotopic (exact) mass is 300 g/mol. The van der Waals surface area contributed by atoms with Crippen LogP contribution in [0.3, 0.4) is 0 Å². The number of hydrogen-bond donors (Lipinski definition) is 2. The highest BCUT2D eigenvalue weighted by Gasteiger charge is 2.34. The highest BCUT2D eigenvalue weighted by Crippen LogP contribution is 2.25. The number of aliphatic carboxylic acids is 1. The molecule has 0 aliphatic carbocycles. The third-order valence-electron chi connectivity index (χ3n) is 2.94. The Bertz CT molecular complexity index is 524. The molecule has 7 heteroatoms. The molecule has 19 heavy (non-hydrogen) atoms. The lowest BCUT2D eigenvalue weighted by Gasteiger charge is -2.21. The van der Waals surface area contributed by atoms with Crippen LogP contribution in [0.4, 0.5) is 10.5 Å². The molecule has 1 unspecified atom stereocenters. The van der Waals surface area contributed by atoms with Crippen molar-refractivity contribution in [1.82, 2.24) is 4.90 Å². The Hall–Kier alpha value is -1.40. The van der Waals surface area contributed by atoms with Crippen LogP contribution in [0.15, 0.2) is 18.2 Å². The van der Waals surface area contributed by atoms with Gasteiger partial charge in [-0.05, 0) is 24.6 Å². The number of carbonyl (C=O) groups is 2. The van der Waals surface area contributed by atoms with Crippen LogP contribution in [0.1, 0.15) is 5.56 Å². The number of rotatable bonds is 2. The van der Waals surface area contributed by atoms with Gasteiger partial charge in [0.15, 0.2) is 0 Å². The summed E-state index contributed by atoms with van der Waals surface area (Å²) in [6.07, 6.45) is 0. The topological polar surface area (TPSA) is 69.6 Å². The zero-order chi connectivity index (χ0) is 14.0. The van der Waals surface area contributed by atoms with Crippen LogP contribution in [0.25, 0.3) is 0 Å². The van der Waals surface area contributed by atoms with E-state index in [1.165, 1.54) is 16.7 Å². The van der Waals surface area contributed by atoms with Gasteiger partial charge in [-0.25, -0.2) is 9.59 Å². The highest BCUT2D eigenvalue weighted by molar-refractivity contribution is 7.99. The summed E-state index contributed by atoms with van der Waals surface area (Å²) in [5.41, 5.74) is 1.36. The van der Waals surface area contributed by atoms with Crippen molar-refractivity contribution in [3.8, 4) is 0 Å². The smallest absolute Gasteiger partial charge is 0.327 e. The minimum Gasteiger partial charge on any atom is -0.480 e. The highest BCUT2D eigenvalue weighted by atomic mass is 35.5.